The smallest absolute Gasteiger partial charge is 0.248 e. The van der Waals surface area contributed by atoms with E-state index in [1.165, 1.54) is 12.1 Å². The Hall–Kier alpha value is -1.38. The van der Waals surface area contributed by atoms with E-state index in [4.69, 9.17) is 0 Å². The highest BCUT2D eigenvalue weighted by molar-refractivity contribution is 5.14. The summed E-state index contributed by atoms with van der Waals surface area (Å²) < 4.78 is 0. The second kappa shape index (κ2) is 3.56. The van der Waals surface area contributed by atoms with Crippen molar-refractivity contribution in [3.05, 3.63) is 44.0 Å². The van der Waals surface area contributed by atoms with Gasteiger partial charge in [0.25, 0.3) is 0 Å². The van der Waals surface area contributed by atoms with Crippen LogP contribution in [-0.4, -0.2) is 4.98 Å². The van der Waals surface area contributed by atoms with Gasteiger partial charge < -0.3 is 4.98 Å². The van der Waals surface area contributed by atoms with Crippen LogP contribution in [0.25, 0.3) is 0 Å². The Bertz CT molecular complexity index is 418. The standard InChI is InChI=1S/C10H13NO2/c1-6(2)8-5-9(12)7(3)4-10(13)11-8/h4-6H,1-3H3,(H,11,13). The van der Waals surface area contributed by atoms with Crippen LogP contribution in [0, 0.1) is 6.92 Å². The van der Waals surface area contributed by atoms with Crippen LogP contribution in [0.2, 0.25) is 0 Å². The summed E-state index contributed by atoms with van der Waals surface area (Å²) in [7, 11) is 0. The zero-order valence-electron chi connectivity index (χ0n) is 8.05. The molecule has 0 atom stereocenters. The van der Waals surface area contributed by atoms with E-state index in [0.29, 0.717) is 11.3 Å². The molecule has 1 aromatic rings. The molecule has 0 bridgehead atoms. The lowest BCUT2D eigenvalue weighted by Gasteiger charge is -1.98. The first-order valence-corrected chi connectivity index (χ1v) is 4.26. The number of aryl methyl sites for hydroxylation is 1. The van der Waals surface area contributed by atoms with Crippen LogP contribution in [0.15, 0.2) is 21.7 Å². The highest BCUT2D eigenvalue weighted by atomic mass is 16.1. The maximum absolute atomic E-state index is 11.3. The summed E-state index contributed by atoms with van der Waals surface area (Å²) in [6, 6.07) is 2.82. The highest BCUT2D eigenvalue weighted by Gasteiger charge is 2.01. The molecule has 1 aromatic heterocycles. The predicted molar refractivity (Wildman–Crippen MR) is 52.2 cm³/mol. The Morgan fingerprint density at radius 1 is 1.23 bits per heavy atom. The molecule has 70 valence electrons. The Balaban J connectivity index is 3.54. The molecule has 0 saturated carbocycles. The maximum Gasteiger partial charge on any atom is 0.248 e. The van der Waals surface area contributed by atoms with Gasteiger partial charge in [-0.2, -0.15) is 0 Å². The summed E-state index contributed by atoms with van der Waals surface area (Å²) in [5, 5.41) is 0. The van der Waals surface area contributed by atoms with Gasteiger partial charge in [-0.1, -0.05) is 13.8 Å². The molecule has 3 heteroatoms. The fourth-order valence-electron chi connectivity index (χ4n) is 1.05. The molecule has 0 unspecified atom stereocenters. The molecular formula is C10H13NO2. The molecule has 1 heterocycles. The average molecular weight is 179 g/mol. The van der Waals surface area contributed by atoms with Crippen molar-refractivity contribution in [3.63, 3.8) is 0 Å². The summed E-state index contributed by atoms with van der Waals surface area (Å²) in [4.78, 5) is 25.2. The Morgan fingerprint density at radius 2 is 1.85 bits per heavy atom. The van der Waals surface area contributed by atoms with Gasteiger partial charge in [0.1, 0.15) is 0 Å². The summed E-state index contributed by atoms with van der Waals surface area (Å²) >= 11 is 0. The molecule has 0 saturated heterocycles. The molecule has 3 nitrogen and oxygen atoms in total. The number of rotatable bonds is 1. The van der Waals surface area contributed by atoms with E-state index in [1.807, 2.05) is 13.8 Å². The van der Waals surface area contributed by atoms with E-state index in [1.54, 1.807) is 6.92 Å². The first kappa shape index (κ1) is 9.71. The first-order valence-electron chi connectivity index (χ1n) is 4.26. The van der Waals surface area contributed by atoms with Crippen LogP contribution >= 0.6 is 0 Å². The number of aromatic amines is 1. The van der Waals surface area contributed by atoms with Crippen molar-refractivity contribution >= 4 is 0 Å². The number of hydrogen-bond donors (Lipinski definition) is 1. The highest BCUT2D eigenvalue weighted by Crippen LogP contribution is 2.05. The number of hydrogen-bond acceptors (Lipinski definition) is 2. The van der Waals surface area contributed by atoms with E-state index >= 15 is 0 Å². The fraction of sp³-hybridized carbons (Fsp3) is 0.400. The van der Waals surface area contributed by atoms with Crippen molar-refractivity contribution in [2.24, 2.45) is 0 Å². The molecule has 13 heavy (non-hydrogen) atoms. The summed E-state index contributed by atoms with van der Waals surface area (Å²) in [5.74, 6) is 0.159. The van der Waals surface area contributed by atoms with Crippen LogP contribution in [-0.2, 0) is 0 Å². The monoisotopic (exact) mass is 179 g/mol. The Morgan fingerprint density at radius 3 is 2.38 bits per heavy atom. The minimum absolute atomic E-state index is 0.0953. The van der Waals surface area contributed by atoms with E-state index in [0.717, 1.165) is 0 Å². The van der Waals surface area contributed by atoms with Gasteiger partial charge in [-0.3, -0.25) is 9.59 Å². The quantitative estimate of drug-likeness (QED) is 0.703. The minimum Gasteiger partial charge on any atom is -0.326 e. The Labute approximate surface area is 76.4 Å². The SMILES string of the molecule is Cc1cc(=O)[nH]c(C(C)C)cc1=O. The molecule has 0 amide bonds. The van der Waals surface area contributed by atoms with Gasteiger partial charge in [0.15, 0.2) is 5.43 Å². The summed E-state index contributed by atoms with van der Waals surface area (Å²) in [6.07, 6.45) is 0. The average Bonchev–Trinajstić information content (AvgIpc) is 2.12. The van der Waals surface area contributed by atoms with Gasteiger partial charge in [0.2, 0.25) is 5.56 Å². The van der Waals surface area contributed by atoms with Gasteiger partial charge in [0, 0.05) is 23.4 Å². The van der Waals surface area contributed by atoms with Crippen LogP contribution in [0.3, 0.4) is 0 Å². The first-order chi connectivity index (χ1) is 6.00. The third-order valence-corrected chi connectivity index (χ3v) is 1.91. The van der Waals surface area contributed by atoms with Crippen molar-refractivity contribution in [1.82, 2.24) is 4.98 Å². The largest absolute Gasteiger partial charge is 0.326 e. The zero-order valence-corrected chi connectivity index (χ0v) is 8.05. The normalized spacial score (nSPS) is 10.5. The summed E-state index contributed by atoms with van der Waals surface area (Å²) in [6.45, 7) is 5.50. The molecule has 0 aliphatic rings. The maximum atomic E-state index is 11.3. The van der Waals surface area contributed by atoms with Gasteiger partial charge >= 0.3 is 0 Å². The topological polar surface area (TPSA) is 49.9 Å². The summed E-state index contributed by atoms with van der Waals surface area (Å²) in [5.41, 5.74) is 0.849. The molecule has 0 aliphatic heterocycles. The molecule has 1 N–H and O–H groups in total. The minimum atomic E-state index is -0.219. The molecule has 0 spiro atoms. The van der Waals surface area contributed by atoms with E-state index < -0.39 is 0 Å². The second-order valence-electron chi connectivity index (χ2n) is 3.44. The van der Waals surface area contributed by atoms with Crippen LogP contribution in [0.5, 0.6) is 0 Å². The number of nitrogens with one attached hydrogen (secondary N) is 1. The van der Waals surface area contributed by atoms with Crippen LogP contribution in [0.4, 0.5) is 0 Å². The van der Waals surface area contributed by atoms with Crippen LogP contribution in [0.1, 0.15) is 31.0 Å². The number of aromatic nitrogens is 1. The Kier molecular flexibility index (Phi) is 2.66. The molecule has 0 aromatic carbocycles. The van der Waals surface area contributed by atoms with E-state index in [2.05, 4.69) is 4.98 Å². The van der Waals surface area contributed by atoms with E-state index in [9.17, 15) is 9.59 Å². The van der Waals surface area contributed by atoms with Gasteiger partial charge in [-0.05, 0) is 12.8 Å². The third-order valence-electron chi connectivity index (χ3n) is 1.91. The molecule has 0 aliphatic carbocycles. The van der Waals surface area contributed by atoms with Crippen molar-refractivity contribution in [2.45, 2.75) is 26.7 Å². The third kappa shape index (κ3) is 2.28. The molecular weight excluding hydrogens is 166 g/mol. The molecule has 1 rings (SSSR count). The van der Waals surface area contributed by atoms with Crippen molar-refractivity contribution in [3.8, 4) is 0 Å². The van der Waals surface area contributed by atoms with Crippen molar-refractivity contribution in [2.75, 3.05) is 0 Å². The molecule has 0 fully saturated rings. The second-order valence-corrected chi connectivity index (χ2v) is 3.44. The van der Waals surface area contributed by atoms with Crippen molar-refractivity contribution in [1.29, 1.82) is 0 Å². The van der Waals surface area contributed by atoms with E-state index in [-0.39, 0.29) is 16.9 Å². The van der Waals surface area contributed by atoms with Gasteiger partial charge in [-0.25, -0.2) is 0 Å². The van der Waals surface area contributed by atoms with Crippen LogP contribution < -0.4 is 11.0 Å². The van der Waals surface area contributed by atoms with Gasteiger partial charge in [-0.15, -0.1) is 0 Å². The zero-order chi connectivity index (χ0) is 10.0. The fourth-order valence-corrected chi connectivity index (χ4v) is 1.05. The van der Waals surface area contributed by atoms with Gasteiger partial charge in [0.05, 0.1) is 0 Å². The molecule has 0 radical (unpaired) electrons. The lowest BCUT2D eigenvalue weighted by molar-refractivity contribution is 0.820. The lowest BCUT2D eigenvalue weighted by atomic mass is 10.1. The predicted octanol–water partition coefficient (Wildman–Crippen LogP) is 1.17. The number of H-pyrrole nitrogens is 1. The van der Waals surface area contributed by atoms with Crippen molar-refractivity contribution < 1.29 is 0 Å². The lowest BCUT2D eigenvalue weighted by Crippen LogP contribution is -2.03.